The number of thiazole rings is 1. The van der Waals surface area contributed by atoms with E-state index in [1.54, 1.807) is 29.7 Å². The van der Waals surface area contributed by atoms with Gasteiger partial charge in [0.2, 0.25) is 5.91 Å². The number of benzene rings is 1. The van der Waals surface area contributed by atoms with Crippen LogP contribution in [-0.2, 0) is 11.3 Å². The van der Waals surface area contributed by atoms with E-state index in [2.05, 4.69) is 32.2 Å². The highest BCUT2D eigenvalue weighted by Crippen LogP contribution is 2.23. The number of piperazine rings is 1. The van der Waals surface area contributed by atoms with E-state index in [9.17, 15) is 4.79 Å². The number of carbonyl (C=O) groups is 1. The largest absolute Gasteiger partial charge is 0.322 e. The first-order valence-electron chi connectivity index (χ1n) is 8.87. The summed E-state index contributed by atoms with van der Waals surface area (Å²) in [6.45, 7) is 4.80. The summed E-state index contributed by atoms with van der Waals surface area (Å²) < 4.78 is 1.23. The van der Waals surface area contributed by atoms with Crippen LogP contribution in [-0.4, -0.2) is 58.4 Å². The third-order valence-electron chi connectivity index (χ3n) is 4.56. The quantitative estimate of drug-likeness (QED) is 0.665. The van der Waals surface area contributed by atoms with Gasteiger partial charge in [-0.25, -0.2) is 9.97 Å². The summed E-state index contributed by atoms with van der Waals surface area (Å²) >= 11 is 7.74. The Kier molecular flexibility index (Phi) is 5.63. The summed E-state index contributed by atoms with van der Waals surface area (Å²) in [6.07, 6.45) is 1.60. The van der Waals surface area contributed by atoms with E-state index in [0.717, 1.165) is 43.2 Å². The van der Waals surface area contributed by atoms with Crippen LogP contribution in [0.15, 0.2) is 42.6 Å². The zero-order valence-electron chi connectivity index (χ0n) is 14.8. The van der Waals surface area contributed by atoms with Crippen LogP contribution in [0.25, 0.3) is 10.2 Å². The minimum absolute atomic E-state index is 0.0653. The predicted octanol–water partition coefficient (Wildman–Crippen LogP) is 3.10. The van der Waals surface area contributed by atoms with Gasteiger partial charge in [0.25, 0.3) is 0 Å². The fraction of sp³-hybridized carbons (Fsp3) is 0.316. The normalized spacial score (nSPS) is 15.9. The topological polar surface area (TPSA) is 61.4 Å². The van der Waals surface area contributed by atoms with Crippen LogP contribution in [0.1, 0.15) is 5.01 Å². The number of nitrogens with one attached hydrogen (secondary N) is 1. The van der Waals surface area contributed by atoms with Gasteiger partial charge in [-0.05, 0) is 24.3 Å². The van der Waals surface area contributed by atoms with Gasteiger partial charge in [0.15, 0.2) is 5.15 Å². The monoisotopic (exact) mass is 401 g/mol. The Bertz CT molecular complexity index is 906. The molecule has 0 saturated carbocycles. The summed E-state index contributed by atoms with van der Waals surface area (Å²) in [7, 11) is 0. The fourth-order valence-corrected chi connectivity index (χ4v) is 4.33. The highest BCUT2D eigenvalue weighted by molar-refractivity contribution is 7.18. The second kappa shape index (κ2) is 8.31. The average molecular weight is 402 g/mol. The molecule has 1 aliphatic heterocycles. The Morgan fingerprint density at radius 3 is 2.67 bits per heavy atom. The Labute approximate surface area is 166 Å². The first-order chi connectivity index (χ1) is 13.2. The van der Waals surface area contributed by atoms with Gasteiger partial charge in [0.1, 0.15) is 5.01 Å². The Balaban J connectivity index is 1.26. The van der Waals surface area contributed by atoms with Crippen molar-refractivity contribution < 1.29 is 4.79 Å². The number of fused-ring (bicyclic) bond motifs is 1. The number of rotatable bonds is 5. The van der Waals surface area contributed by atoms with Crippen LogP contribution in [0.4, 0.5) is 5.69 Å². The molecule has 1 fully saturated rings. The third kappa shape index (κ3) is 4.62. The van der Waals surface area contributed by atoms with Crippen LogP contribution in [0.3, 0.4) is 0 Å². The molecular formula is C19H20ClN5OS. The van der Waals surface area contributed by atoms with E-state index < -0.39 is 0 Å². The molecule has 3 heterocycles. The van der Waals surface area contributed by atoms with E-state index >= 15 is 0 Å². The lowest BCUT2D eigenvalue weighted by atomic mass is 10.3. The maximum absolute atomic E-state index is 12.2. The zero-order chi connectivity index (χ0) is 18.6. The first-order valence-corrected chi connectivity index (χ1v) is 10.1. The van der Waals surface area contributed by atoms with Crippen molar-refractivity contribution >= 4 is 44.7 Å². The van der Waals surface area contributed by atoms with E-state index in [0.29, 0.717) is 17.4 Å². The zero-order valence-corrected chi connectivity index (χ0v) is 16.3. The number of halogens is 1. The molecule has 1 amide bonds. The van der Waals surface area contributed by atoms with Gasteiger partial charge < -0.3 is 5.32 Å². The predicted molar refractivity (Wildman–Crippen MR) is 109 cm³/mol. The molecule has 2 aromatic heterocycles. The molecule has 1 N–H and O–H groups in total. The van der Waals surface area contributed by atoms with Crippen molar-refractivity contribution in [3.05, 3.63) is 52.8 Å². The van der Waals surface area contributed by atoms with Crippen molar-refractivity contribution in [1.29, 1.82) is 0 Å². The van der Waals surface area contributed by atoms with E-state index in [1.807, 2.05) is 12.1 Å². The molecule has 3 aromatic rings. The molecule has 0 spiro atoms. The van der Waals surface area contributed by atoms with Crippen LogP contribution in [0.2, 0.25) is 5.15 Å². The Hall–Kier alpha value is -2.06. The number of carbonyl (C=O) groups excluding carboxylic acids is 1. The molecule has 0 radical (unpaired) electrons. The number of nitrogens with zero attached hydrogens (tertiary/aromatic N) is 4. The van der Waals surface area contributed by atoms with Crippen molar-refractivity contribution in [1.82, 2.24) is 19.8 Å². The standard InChI is InChI=1S/C19H20ClN5OS/c20-19-15(5-3-7-21-19)22-17(26)12-24-8-10-25(11-9-24)13-18-23-14-4-1-2-6-16(14)27-18/h1-7H,8-13H2,(H,22,26). The summed E-state index contributed by atoms with van der Waals surface area (Å²) in [5, 5.41) is 4.28. The molecule has 4 rings (SSSR count). The molecule has 0 atom stereocenters. The maximum Gasteiger partial charge on any atom is 0.238 e. The van der Waals surface area contributed by atoms with E-state index in [4.69, 9.17) is 16.6 Å². The summed E-state index contributed by atoms with van der Waals surface area (Å²) in [6, 6.07) is 11.7. The number of aromatic nitrogens is 2. The number of pyridine rings is 1. The van der Waals surface area contributed by atoms with Gasteiger partial charge in [-0.1, -0.05) is 23.7 Å². The van der Waals surface area contributed by atoms with Gasteiger partial charge in [-0.2, -0.15) is 0 Å². The second-order valence-electron chi connectivity index (χ2n) is 6.52. The first kappa shape index (κ1) is 18.3. The molecule has 0 aliphatic carbocycles. The maximum atomic E-state index is 12.2. The van der Waals surface area contributed by atoms with Crippen LogP contribution < -0.4 is 5.32 Å². The lowest BCUT2D eigenvalue weighted by Gasteiger charge is -2.33. The number of anilines is 1. The molecular weight excluding hydrogens is 382 g/mol. The van der Waals surface area contributed by atoms with Gasteiger partial charge in [-0.3, -0.25) is 14.6 Å². The number of hydrogen-bond acceptors (Lipinski definition) is 6. The minimum Gasteiger partial charge on any atom is -0.322 e. The average Bonchev–Trinajstić information content (AvgIpc) is 3.07. The molecule has 0 bridgehead atoms. The van der Waals surface area contributed by atoms with E-state index in [-0.39, 0.29) is 5.91 Å². The summed E-state index contributed by atoms with van der Waals surface area (Å²) in [5.74, 6) is -0.0653. The van der Waals surface area contributed by atoms with Crippen LogP contribution in [0.5, 0.6) is 0 Å². The molecule has 6 nitrogen and oxygen atoms in total. The fourth-order valence-electron chi connectivity index (χ4n) is 3.16. The van der Waals surface area contributed by atoms with E-state index in [1.165, 1.54) is 4.70 Å². The van der Waals surface area contributed by atoms with Crippen molar-refractivity contribution in [3.8, 4) is 0 Å². The van der Waals surface area contributed by atoms with Gasteiger partial charge >= 0.3 is 0 Å². The van der Waals surface area contributed by atoms with Crippen molar-refractivity contribution in [2.45, 2.75) is 6.54 Å². The van der Waals surface area contributed by atoms with Crippen molar-refractivity contribution in [2.24, 2.45) is 0 Å². The number of hydrogen-bond donors (Lipinski definition) is 1. The van der Waals surface area contributed by atoms with Gasteiger partial charge in [0.05, 0.1) is 29.0 Å². The lowest BCUT2D eigenvalue weighted by Crippen LogP contribution is -2.48. The lowest BCUT2D eigenvalue weighted by molar-refractivity contribution is -0.117. The SMILES string of the molecule is O=C(CN1CCN(Cc2nc3ccccc3s2)CC1)Nc1cccnc1Cl. The number of amides is 1. The molecule has 0 unspecified atom stereocenters. The molecule has 1 aliphatic rings. The van der Waals surface area contributed by atoms with Crippen molar-refractivity contribution in [2.75, 3.05) is 38.0 Å². The Morgan fingerprint density at radius 2 is 1.89 bits per heavy atom. The highest BCUT2D eigenvalue weighted by atomic mass is 35.5. The molecule has 27 heavy (non-hydrogen) atoms. The van der Waals surface area contributed by atoms with Gasteiger partial charge in [0, 0.05) is 32.4 Å². The molecule has 8 heteroatoms. The molecule has 140 valence electrons. The van der Waals surface area contributed by atoms with Crippen LogP contribution in [0, 0.1) is 0 Å². The number of para-hydroxylation sites is 1. The smallest absolute Gasteiger partial charge is 0.238 e. The summed E-state index contributed by atoms with van der Waals surface area (Å²) in [4.78, 5) is 25.5. The summed E-state index contributed by atoms with van der Waals surface area (Å²) in [5.41, 5.74) is 1.63. The highest BCUT2D eigenvalue weighted by Gasteiger charge is 2.20. The van der Waals surface area contributed by atoms with Crippen LogP contribution >= 0.6 is 22.9 Å². The molecule has 1 aromatic carbocycles. The third-order valence-corrected chi connectivity index (χ3v) is 5.88. The minimum atomic E-state index is -0.0653. The van der Waals surface area contributed by atoms with Gasteiger partial charge in [-0.15, -0.1) is 11.3 Å². The Morgan fingerprint density at radius 1 is 1.11 bits per heavy atom. The second-order valence-corrected chi connectivity index (χ2v) is 7.99. The van der Waals surface area contributed by atoms with Crippen molar-refractivity contribution in [3.63, 3.8) is 0 Å². The molecule has 1 saturated heterocycles.